The Kier molecular flexibility index (Phi) is 6.39. The number of benzene rings is 1. The van der Waals surface area contributed by atoms with Crippen LogP contribution in [0.3, 0.4) is 0 Å². The third-order valence-corrected chi connectivity index (χ3v) is 4.87. The number of methoxy groups -OCH3 is 2. The van der Waals surface area contributed by atoms with Gasteiger partial charge in [0.2, 0.25) is 5.88 Å². The van der Waals surface area contributed by atoms with E-state index < -0.39 is 0 Å². The number of amides is 1. The Morgan fingerprint density at radius 3 is 2.44 bits per heavy atom. The first kappa shape index (κ1) is 19.3. The van der Waals surface area contributed by atoms with E-state index in [9.17, 15) is 4.79 Å². The van der Waals surface area contributed by atoms with Crippen LogP contribution in [0, 0.1) is 0 Å². The number of carbonyl (C=O) groups is 1. The molecule has 0 atom stereocenters. The summed E-state index contributed by atoms with van der Waals surface area (Å²) in [6.45, 7) is 1.97. The predicted octanol–water partition coefficient (Wildman–Crippen LogP) is 3.81. The van der Waals surface area contributed by atoms with Gasteiger partial charge in [-0.15, -0.1) is 0 Å². The molecule has 1 aliphatic heterocycles. The molecule has 1 N–H and O–H groups in total. The number of nitrogens with one attached hydrogen (secondary N) is 1. The molecule has 0 unspecified atom stereocenters. The number of nitrogens with zero attached hydrogens (tertiary/aromatic N) is 2. The van der Waals surface area contributed by atoms with Crippen molar-refractivity contribution in [2.45, 2.75) is 19.3 Å². The molecule has 144 valence electrons. The van der Waals surface area contributed by atoms with Gasteiger partial charge in [-0.05, 0) is 47.3 Å². The molecular formula is C19H22BrN3O4. The van der Waals surface area contributed by atoms with Crippen LogP contribution in [0.15, 0.2) is 38.3 Å². The topological polar surface area (TPSA) is 76.3 Å². The Morgan fingerprint density at radius 2 is 1.81 bits per heavy atom. The molecule has 2 aromatic rings. The number of carbonyl (C=O) groups excluding carboxylic acids is 1. The number of piperidine rings is 1. The molecule has 1 aromatic heterocycles. The molecule has 8 heteroatoms. The molecule has 0 radical (unpaired) electrons. The predicted molar refractivity (Wildman–Crippen MR) is 107 cm³/mol. The Labute approximate surface area is 166 Å². The minimum Gasteiger partial charge on any atom is -0.497 e. The van der Waals surface area contributed by atoms with Crippen LogP contribution in [0.1, 0.15) is 35.4 Å². The molecule has 1 amide bonds. The molecule has 27 heavy (non-hydrogen) atoms. The Hall–Kier alpha value is -2.48. The van der Waals surface area contributed by atoms with Gasteiger partial charge in [-0.1, -0.05) is 0 Å². The van der Waals surface area contributed by atoms with Crippen LogP contribution < -0.4 is 19.8 Å². The van der Waals surface area contributed by atoms with E-state index in [1.807, 2.05) is 6.07 Å². The summed E-state index contributed by atoms with van der Waals surface area (Å²) in [4.78, 5) is 14.5. The second kappa shape index (κ2) is 8.94. The largest absolute Gasteiger partial charge is 0.497 e. The molecule has 7 nitrogen and oxygen atoms in total. The normalized spacial score (nSPS) is 14.4. The number of hydrazone groups is 1. The van der Waals surface area contributed by atoms with Crippen molar-refractivity contribution in [1.82, 2.24) is 5.43 Å². The fraction of sp³-hybridized carbons (Fsp3) is 0.368. The molecular weight excluding hydrogens is 414 g/mol. The van der Waals surface area contributed by atoms with Crippen LogP contribution in [0.2, 0.25) is 0 Å². The first-order valence-corrected chi connectivity index (χ1v) is 9.51. The van der Waals surface area contributed by atoms with Crippen molar-refractivity contribution in [3.8, 4) is 11.5 Å². The lowest BCUT2D eigenvalue weighted by molar-refractivity contribution is 0.0954. The van der Waals surface area contributed by atoms with Crippen LogP contribution >= 0.6 is 15.9 Å². The maximum atomic E-state index is 12.3. The molecule has 3 rings (SSSR count). The number of rotatable bonds is 6. The number of hydrogen-bond donors (Lipinski definition) is 1. The second-order valence-corrected chi connectivity index (χ2v) is 7.00. The lowest BCUT2D eigenvalue weighted by Gasteiger charge is -2.26. The van der Waals surface area contributed by atoms with Crippen LogP contribution in [0.5, 0.6) is 11.5 Å². The minimum absolute atomic E-state index is 0.370. The van der Waals surface area contributed by atoms with Gasteiger partial charge in [-0.2, -0.15) is 5.10 Å². The number of furan rings is 1. The van der Waals surface area contributed by atoms with E-state index in [0.717, 1.165) is 36.3 Å². The highest BCUT2D eigenvalue weighted by atomic mass is 79.9. The summed E-state index contributed by atoms with van der Waals surface area (Å²) >= 11 is 3.53. The summed E-state index contributed by atoms with van der Waals surface area (Å²) < 4.78 is 17.1. The van der Waals surface area contributed by atoms with Crippen LogP contribution in [0.4, 0.5) is 5.88 Å². The monoisotopic (exact) mass is 435 g/mol. The van der Waals surface area contributed by atoms with E-state index in [-0.39, 0.29) is 5.91 Å². The molecule has 1 aliphatic rings. The number of anilines is 1. The van der Waals surface area contributed by atoms with Gasteiger partial charge in [-0.25, -0.2) is 5.43 Å². The maximum absolute atomic E-state index is 12.3. The van der Waals surface area contributed by atoms with Crippen molar-refractivity contribution < 1.29 is 18.7 Å². The lowest BCUT2D eigenvalue weighted by atomic mass is 10.1. The van der Waals surface area contributed by atoms with Gasteiger partial charge in [0.1, 0.15) is 11.5 Å². The third kappa shape index (κ3) is 4.82. The van der Waals surface area contributed by atoms with E-state index in [1.54, 1.807) is 18.2 Å². The fourth-order valence-corrected chi connectivity index (χ4v) is 3.47. The van der Waals surface area contributed by atoms with Crippen LogP contribution in [-0.2, 0) is 0 Å². The van der Waals surface area contributed by atoms with E-state index in [2.05, 4.69) is 31.4 Å². The van der Waals surface area contributed by atoms with Gasteiger partial charge >= 0.3 is 0 Å². The average Bonchev–Trinajstić information content (AvgIpc) is 3.08. The van der Waals surface area contributed by atoms with E-state index >= 15 is 0 Å². The highest BCUT2D eigenvalue weighted by molar-refractivity contribution is 9.10. The van der Waals surface area contributed by atoms with E-state index in [1.165, 1.54) is 26.9 Å². The van der Waals surface area contributed by atoms with Crippen molar-refractivity contribution >= 4 is 33.9 Å². The summed E-state index contributed by atoms with van der Waals surface area (Å²) in [5, 5.41) is 3.99. The number of halogens is 1. The standard InChI is InChI=1S/C19H22BrN3O4/c1-25-14-8-13(9-15(10-14)26-2)18(24)22-21-12-16-11-17(20)19(27-16)23-6-4-3-5-7-23/h8-12H,3-7H2,1-2H3,(H,22,24). The van der Waals surface area contributed by atoms with Gasteiger partial charge in [-0.3, -0.25) is 4.79 Å². The highest BCUT2D eigenvalue weighted by Gasteiger charge is 2.18. The number of ether oxygens (including phenoxy) is 2. The average molecular weight is 436 g/mol. The van der Waals surface area contributed by atoms with Crippen molar-refractivity contribution in [2.75, 3.05) is 32.2 Å². The zero-order chi connectivity index (χ0) is 19.2. The Balaban J connectivity index is 1.66. The molecule has 0 saturated carbocycles. The summed E-state index contributed by atoms with van der Waals surface area (Å²) in [7, 11) is 3.06. The molecule has 1 fully saturated rings. The molecule has 0 spiro atoms. The molecule has 1 aromatic carbocycles. The third-order valence-electron chi connectivity index (χ3n) is 4.30. The minimum atomic E-state index is -0.370. The lowest BCUT2D eigenvalue weighted by Crippen LogP contribution is -2.29. The molecule has 0 bridgehead atoms. The smallest absolute Gasteiger partial charge is 0.271 e. The summed E-state index contributed by atoms with van der Waals surface area (Å²) in [6, 6.07) is 6.77. The molecule has 0 aliphatic carbocycles. The molecule has 2 heterocycles. The van der Waals surface area contributed by atoms with Crippen LogP contribution in [0.25, 0.3) is 0 Å². The molecule has 1 saturated heterocycles. The zero-order valence-corrected chi connectivity index (χ0v) is 16.9. The first-order chi connectivity index (χ1) is 13.1. The summed E-state index contributed by atoms with van der Waals surface area (Å²) in [5.74, 6) is 2.06. The summed E-state index contributed by atoms with van der Waals surface area (Å²) in [6.07, 6.45) is 5.06. The van der Waals surface area contributed by atoms with Gasteiger partial charge < -0.3 is 18.8 Å². The maximum Gasteiger partial charge on any atom is 0.271 e. The SMILES string of the molecule is COc1cc(OC)cc(C(=O)NN=Cc2cc(Br)c(N3CCCCC3)o2)c1. The quantitative estimate of drug-likeness (QED) is 0.551. The zero-order valence-electron chi connectivity index (χ0n) is 15.3. The fourth-order valence-electron chi connectivity index (χ4n) is 2.91. The van der Waals surface area contributed by atoms with Gasteiger partial charge in [0, 0.05) is 30.8 Å². The van der Waals surface area contributed by atoms with E-state index in [0.29, 0.717) is 22.8 Å². The Bertz CT molecular complexity index is 806. The second-order valence-electron chi connectivity index (χ2n) is 6.15. The van der Waals surface area contributed by atoms with Crippen molar-refractivity contribution in [2.24, 2.45) is 5.10 Å². The highest BCUT2D eigenvalue weighted by Crippen LogP contribution is 2.31. The van der Waals surface area contributed by atoms with Gasteiger partial charge in [0.15, 0.2) is 5.76 Å². The summed E-state index contributed by atoms with van der Waals surface area (Å²) in [5.41, 5.74) is 2.88. The van der Waals surface area contributed by atoms with Gasteiger partial charge in [0.05, 0.1) is 24.9 Å². The van der Waals surface area contributed by atoms with Crippen molar-refractivity contribution in [3.05, 3.63) is 40.1 Å². The van der Waals surface area contributed by atoms with Gasteiger partial charge in [0.25, 0.3) is 5.91 Å². The first-order valence-electron chi connectivity index (χ1n) is 8.71. The van der Waals surface area contributed by atoms with E-state index in [4.69, 9.17) is 13.9 Å². The van der Waals surface area contributed by atoms with Crippen LogP contribution in [-0.4, -0.2) is 39.4 Å². The number of hydrogen-bond acceptors (Lipinski definition) is 6. The van der Waals surface area contributed by atoms with Crippen molar-refractivity contribution in [3.63, 3.8) is 0 Å². The Morgan fingerprint density at radius 1 is 1.15 bits per heavy atom. The van der Waals surface area contributed by atoms with Crippen molar-refractivity contribution in [1.29, 1.82) is 0 Å².